The van der Waals surface area contributed by atoms with Crippen LogP contribution in [0.3, 0.4) is 0 Å². The van der Waals surface area contributed by atoms with Crippen molar-refractivity contribution in [2.75, 3.05) is 7.11 Å². The third-order valence-electron chi connectivity index (χ3n) is 4.02. The SMILES string of the molecule is CC/C(C(=O)O)=C(C)\C=C\CC(C)CCCC(C)(C)OC. The van der Waals surface area contributed by atoms with Crippen molar-refractivity contribution in [3.63, 3.8) is 0 Å². The van der Waals surface area contributed by atoms with E-state index in [1.54, 1.807) is 7.11 Å². The first-order valence-electron chi connectivity index (χ1n) is 7.88. The van der Waals surface area contributed by atoms with E-state index in [1.165, 1.54) is 6.42 Å². The molecule has 3 nitrogen and oxygen atoms in total. The third-order valence-corrected chi connectivity index (χ3v) is 4.02. The zero-order valence-corrected chi connectivity index (χ0v) is 14.5. The second kappa shape index (κ2) is 9.78. The molecule has 1 unspecified atom stereocenters. The summed E-state index contributed by atoms with van der Waals surface area (Å²) >= 11 is 0. The number of rotatable bonds is 10. The van der Waals surface area contributed by atoms with Crippen LogP contribution in [0.2, 0.25) is 0 Å². The molecular formula is C18H32O3. The molecule has 3 heteroatoms. The lowest BCUT2D eigenvalue weighted by atomic mass is 9.94. The zero-order valence-electron chi connectivity index (χ0n) is 14.5. The summed E-state index contributed by atoms with van der Waals surface area (Å²) < 4.78 is 5.42. The Hall–Kier alpha value is -1.09. The third kappa shape index (κ3) is 8.71. The number of carboxylic acids is 1. The van der Waals surface area contributed by atoms with Crippen molar-refractivity contribution in [1.29, 1.82) is 0 Å². The van der Waals surface area contributed by atoms with Gasteiger partial charge in [-0.1, -0.05) is 38.8 Å². The Morgan fingerprint density at radius 2 is 2.00 bits per heavy atom. The molecule has 0 aromatic rings. The van der Waals surface area contributed by atoms with Gasteiger partial charge in [-0.2, -0.15) is 0 Å². The first-order valence-corrected chi connectivity index (χ1v) is 7.88. The molecule has 0 saturated carbocycles. The zero-order chi connectivity index (χ0) is 16.5. The van der Waals surface area contributed by atoms with E-state index in [2.05, 4.69) is 26.8 Å². The minimum Gasteiger partial charge on any atom is -0.478 e. The van der Waals surface area contributed by atoms with Crippen molar-refractivity contribution in [3.8, 4) is 0 Å². The number of hydrogen-bond acceptors (Lipinski definition) is 2. The second-order valence-electron chi connectivity index (χ2n) is 6.42. The monoisotopic (exact) mass is 296 g/mol. The second-order valence-corrected chi connectivity index (χ2v) is 6.42. The number of allylic oxidation sites excluding steroid dienone is 3. The highest BCUT2D eigenvalue weighted by atomic mass is 16.5. The summed E-state index contributed by atoms with van der Waals surface area (Å²) in [5.41, 5.74) is 1.32. The quantitative estimate of drug-likeness (QED) is 0.457. The van der Waals surface area contributed by atoms with E-state index in [0.29, 0.717) is 17.9 Å². The molecule has 0 aromatic heterocycles. The predicted molar refractivity (Wildman–Crippen MR) is 88.5 cm³/mol. The van der Waals surface area contributed by atoms with Gasteiger partial charge in [0.2, 0.25) is 0 Å². The molecule has 0 amide bonds. The molecule has 0 rings (SSSR count). The molecule has 122 valence electrons. The maximum Gasteiger partial charge on any atom is 0.331 e. The molecule has 0 spiro atoms. The lowest BCUT2D eigenvalue weighted by molar-refractivity contribution is -0.132. The highest BCUT2D eigenvalue weighted by Gasteiger charge is 2.15. The number of aliphatic carboxylic acids is 1. The number of carbonyl (C=O) groups is 1. The van der Waals surface area contributed by atoms with Crippen molar-refractivity contribution in [2.45, 2.75) is 72.3 Å². The highest BCUT2D eigenvalue weighted by molar-refractivity contribution is 5.87. The fourth-order valence-corrected chi connectivity index (χ4v) is 2.27. The summed E-state index contributed by atoms with van der Waals surface area (Å²) in [7, 11) is 1.76. The van der Waals surface area contributed by atoms with Crippen LogP contribution in [-0.2, 0) is 9.53 Å². The Balaban J connectivity index is 4.22. The number of ether oxygens (including phenoxy) is 1. The van der Waals surface area contributed by atoms with E-state index in [4.69, 9.17) is 9.84 Å². The molecule has 1 N–H and O–H groups in total. The topological polar surface area (TPSA) is 46.5 Å². The minimum atomic E-state index is -0.811. The van der Waals surface area contributed by atoms with Gasteiger partial charge >= 0.3 is 5.97 Å². The van der Waals surface area contributed by atoms with E-state index in [1.807, 2.05) is 19.9 Å². The summed E-state index contributed by atoms with van der Waals surface area (Å²) in [5.74, 6) is -0.203. The lowest BCUT2D eigenvalue weighted by Gasteiger charge is -2.23. The van der Waals surface area contributed by atoms with Gasteiger partial charge in [0.15, 0.2) is 0 Å². The Labute approximate surface area is 130 Å². The molecule has 0 saturated heterocycles. The van der Waals surface area contributed by atoms with Crippen LogP contribution >= 0.6 is 0 Å². The van der Waals surface area contributed by atoms with Gasteiger partial charge in [-0.05, 0) is 51.5 Å². The summed E-state index contributed by atoms with van der Waals surface area (Å²) in [4.78, 5) is 11.0. The van der Waals surface area contributed by atoms with Crippen LogP contribution in [-0.4, -0.2) is 23.8 Å². The maximum absolute atomic E-state index is 11.0. The van der Waals surface area contributed by atoms with Crippen LogP contribution in [0.4, 0.5) is 0 Å². The van der Waals surface area contributed by atoms with Gasteiger partial charge in [-0.25, -0.2) is 4.79 Å². The first kappa shape index (κ1) is 19.9. The van der Waals surface area contributed by atoms with Crippen LogP contribution in [0, 0.1) is 5.92 Å². The molecule has 0 aromatic carbocycles. The highest BCUT2D eigenvalue weighted by Crippen LogP contribution is 2.21. The fraction of sp³-hybridized carbons (Fsp3) is 0.722. The average Bonchev–Trinajstić information content (AvgIpc) is 2.38. The van der Waals surface area contributed by atoms with Crippen LogP contribution in [0.15, 0.2) is 23.3 Å². The largest absolute Gasteiger partial charge is 0.478 e. The van der Waals surface area contributed by atoms with E-state index in [-0.39, 0.29) is 5.60 Å². The number of carboxylic acid groups (broad SMARTS) is 1. The fourth-order valence-electron chi connectivity index (χ4n) is 2.27. The van der Waals surface area contributed by atoms with Crippen LogP contribution in [0.25, 0.3) is 0 Å². The molecule has 21 heavy (non-hydrogen) atoms. The molecule has 0 aliphatic heterocycles. The van der Waals surface area contributed by atoms with E-state index < -0.39 is 5.97 Å². The molecular weight excluding hydrogens is 264 g/mol. The van der Waals surface area contributed by atoms with Gasteiger partial charge in [-0.15, -0.1) is 0 Å². The first-order chi connectivity index (χ1) is 9.73. The van der Waals surface area contributed by atoms with Gasteiger partial charge < -0.3 is 9.84 Å². The summed E-state index contributed by atoms with van der Waals surface area (Å²) in [6.07, 6.45) is 8.98. The van der Waals surface area contributed by atoms with Crippen molar-refractivity contribution in [3.05, 3.63) is 23.3 Å². The van der Waals surface area contributed by atoms with Gasteiger partial charge in [0.05, 0.1) is 5.60 Å². The standard InChI is InChI=1S/C18H32O3/c1-7-16(17(19)20)15(3)12-8-10-14(2)11-9-13-18(4,5)21-6/h8,12,14H,7,9-11,13H2,1-6H3,(H,19,20)/b12-8+,16-15+. The van der Waals surface area contributed by atoms with Gasteiger partial charge in [0, 0.05) is 12.7 Å². The minimum absolute atomic E-state index is 0.0353. The van der Waals surface area contributed by atoms with E-state index in [0.717, 1.165) is 24.8 Å². The summed E-state index contributed by atoms with van der Waals surface area (Å²) in [6, 6.07) is 0. The molecule has 0 heterocycles. The summed E-state index contributed by atoms with van der Waals surface area (Å²) in [6.45, 7) is 10.2. The molecule has 0 fully saturated rings. The molecule has 0 aliphatic rings. The average molecular weight is 296 g/mol. The molecule has 1 atom stereocenters. The number of hydrogen-bond donors (Lipinski definition) is 1. The van der Waals surface area contributed by atoms with Crippen molar-refractivity contribution in [1.82, 2.24) is 0 Å². The van der Waals surface area contributed by atoms with Crippen LogP contribution in [0.1, 0.15) is 66.7 Å². The maximum atomic E-state index is 11.0. The van der Waals surface area contributed by atoms with Crippen molar-refractivity contribution < 1.29 is 14.6 Å². The van der Waals surface area contributed by atoms with Gasteiger partial charge in [-0.3, -0.25) is 0 Å². The molecule has 0 radical (unpaired) electrons. The normalized spacial score (nSPS) is 15.1. The molecule has 0 bridgehead atoms. The Kier molecular flexibility index (Phi) is 9.27. The molecule has 0 aliphatic carbocycles. The Bertz CT molecular complexity index is 378. The van der Waals surface area contributed by atoms with Gasteiger partial charge in [0.25, 0.3) is 0 Å². The van der Waals surface area contributed by atoms with Gasteiger partial charge in [0.1, 0.15) is 0 Å². The van der Waals surface area contributed by atoms with Crippen molar-refractivity contribution >= 4 is 5.97 Å². The number of methoxy groups -OCH3 is 1. The Morgan fingerprint density at radius 3 is 2.48 bits per heavy atom. The van der Waals surface area contributed by atoms with Crippen molar-refractivity contribution in [2.24, 2.45) is 5.92 Å². The van der Waals surface area contributed by atoms with Crippen LogP contribution in [0.5, 0.6) is 0 Å². The van der Waals surface area contributed by atoms with E-state index >= 15 is 0 Å². The predicted octanol–water partition coefficient (Wildman–Crippen LogP) is 4.98. The smallest absolute Gasteiger partial charge is 0.331 e. The lowest BCUT2D eigenvalue weighted by Crippen LogP contribution is -2.22. The van der Waals surface area contributed by atoms with Crippen LogP contribution < -0.4 is 0 Å². The Morgan fingerprint density at radius 1 is 1.38 bits per heavy atom. The van der Waals surface area contributed by atoms with E-state index in [9.17, 15) is 4.79 Å². The summed E-state index contributed by atoms with van der Waals surface area (Å²) in [5, 5.41) is 9.06.